The zero-order valence-electron chi connectivity index (χ0n) is 8.75. The molecule has 0 aliphatic heterocycles. The van der Waals surface area contributed by atoms with E-state index in [-0.39, 0.29) is 6.61 Å². The highest BCUT2D eigenvalue weighted by Crippen LogP contribution is 2.15. The quantitative estimate of drug-likeness (QED) is 0.642. The number of aliphatic hydroxyl groups is 2. The fourth-order valence-electron chi connectivity index (χ4n) is 1.14. The molecule has 0 spiro atoms. The minimum Gasteiger partial charge on any atom is -0.393 e. The summed E-state index contributed by atoms with van der Waals surface area (Å²) in [6.07, 6.45) is 6.83. The van der Waals surface area contributed by atoms with E-state index in [0.29, 0.717) is 6.42 Å². The first-order chi connectivity index (χ1) is 6.04. The molecule has 1 atom stereocenters. The van der Waals surface area contributed by atoms with Crippen LogP contribution in [0.1, 0.15) is 33.6 Å². The molecule has 0 fully saturated rings. The highest BCUT2D eigenvalue weighted by atomic mass is 16.3. The van der Waals surface area contributed by atoms with Gasteiger partial charge in [-0.25, -0.2) is 0 Å². The summed E-state index contributed by atoms with van der Waals surface area (Å²) in [5, 5.41) is 18.7. The molecule has 0 heterocycles. The maximum Gasteiger partial charge on any atom is 0.106 e. The average Bonchev–Trinajstić information content (AvgIpc) is 2.04. The molecular weight excluding hydrogens is 164 g/mol. The van der Waals surface area contributed by atoms with Crippen LogP contribution in [0.3, 0.4) is 0 Å². The van der Waals surface area contributed by atoms with E-state index < -0.39 is 5.60 Å². The van der Waals surface area contributed by atoms with Crippen LogP contribution >= 0.6 is 0 Å². The Balaban J connectivity index is 4.05. The van der Waals surface area contributed by atoms with Crippen molar-refractivity contribution in [3.63, 3.8) is 0 Å². The van der Waals surface area contributed by atoms with Gasteiger partial charge >= 0.3 is 0 Å². The molecule has 0 saturated heterocycles. The maximum atomic E-state index is 9.77. The van der Waals surface area contributed by atoms with Crippen molar-refractivity contribution in [2.75, 3.05) is 6.61 Å². The lowest BCUT2D eigenvalue weighted by molar-refractivity contribution is 0.0211. The van der Waals surface area contributed by atoms with Crippen LogP contribution < -0.4 is 0 Å². The zero-order chi connectivity index (χ0) is 10.3. The van der Waals surface area contributed by atoms with Gasteiger partial charge in [-0.15, -0.1) is 0 Å². The Labute approximate surface area is 80.6 Å². The average molecular weight is 184 g/mol. The molecule has 2 heteroatoms. The maximum absolute atomic E-state index is 9.77. The van der Waals surface area contributed by atoms with Gasteiger partial charge in [0, 0.05) is 0 Å². The van der Waals surface area contributed by atoms with Crippen LogP contribution in [0.4, 0.5) is 0 Å². The Morgan fingerprint density at radius 1 is 1.38 bits per heavy atom. The second-order valence-electron chi connectivity index (χ2n) is 3.58. The summed E-state index contributed by atoms with van der Waals surface area (Å²) < 4.78 is 0. The van der Waals surface area contributed by atoms with Crippen molar-refractivity contribution in [2.24, 2.45) is 0 Å². The van der Waals surface area contributed by atoms with Gasteiger partial charge in [-0.05, 0) is 33.6 Å². The minimum absolute atomic E-state index is 0.214. The van der Waals surface area contributed by atoms with E-state index in [2.05, 4.69) is 6.08 Å². The SMILES string of the molecule is C/C=C/C(O)(CO)CCC=C(C)C. The normalized spacial score (nSPS) is 15.8. The standard InChI is InChI=1S/C11H20O2/c1-4-7-11(13,9-12)8-5-6-10(2)3/h4,6-7,12-13H,5,8-9H2,1-3H3/b7-4+. The molecule has 0 radical (unpaired) electrons. The fourth-order valence-corrected chi connectivity index (χ4v) is 1.14. The Kier molecular flexibility index (Phi) is 5.67. The number of aliphatic hydroxyl groups excluding tert-OH is 1. The fraction of sp³-hybridized carbons (Fsp3) is 0.636. The van der Waals surface area contributed by atoms with Crippen LogP contribution in [0.15, 0.2) is 23.8 Å². The van der Waals surface area contributed by atoms with E-state index >= 15 is 0 Å². The summed E-state index contributed by atoms with van der Waals surface area (Å²) in [6.45, 7) is 5.66. The first-order valence-electron chi connectivity index (χ1n) is 4.64. The minimum atomic E-state index is -1.04. The van der Waals surface area contributed by atoms with Crippen molar-refractivity contribution < 1.29 is 10.2 Å². The summed E-state index contributed by atoms with van der Waals surface area (Å²) in [7, 11) is 0. The zero-order valence-corrected chi connectivity index (χ0v) is 8.75. The lowest BCUT2D eigenvalue weighted by atomic mass is 9.97. The summed E-state index contributed by atoms with van der Waals surface area (Å²) in [4.78, 5) is 0. The summed E-state index contributed by atoms with van der Waals surface area (Å²) >= 11 is 0. The van der Waals surface area contributed by atoms with Crippen LogP contribution in [-0.2, 0) is 0 Å². The van der Waals surface area contributed by atoms with E-state index in [4.69, 9.17) is 5.11 Å². The van der Waals surface area contributed by atoms with Gasteiger partial charge < -0.3 is 10.2 Å². The largest absolute Gasteiger partial charge is 0.393 e. The molecule has 0 rings (SSSR count). The van der Waals surface area contributed by atoms with E-state index in [1.807, 2.05) is 20.8 Å². The predicted molar refractivity (Wildman–Crippen MR) is 55.5 cm³/mol. The Hall–Kier alpha value is -0.600. The first kappa shape index (κ1) is 12.4. The molecular formula is C11H20O2. The molecule has 0 saturated carbocycles. The lowest BCUT2D eigenvalue weighted by Crippen LogP contribution is -2.30. The van der Waals surface area contributed by atoms with Crippen molar-refractivity contribution in [1.29, 1.82) is 0 Å². The van der Waals surface area contributed by atoms with Gasteiger partial charge in [0.1, 0.15) is 5.60 Å². The molecule has 0 aromatic heterocycles. The summed E-state index contributed by atoms with van der Waals surface area (Å²) in [6, 6.07) is 0. The second-order valence-corrected chi connectivity index (χ2v) is 3.58. The van der Waals surface area contributed by atoms with Gasteiger partial charge in [-0.2, -0.15) is 0 Å². The smallest absolute Gasteiger partial charge is 0.106 e. The van der Waals surface area contributed by atoms with Gasteiger partial charge in [0.2, 0.25) is 0 Å². The molecule has 13 heavy (non-hydrogen) atoms. The van der Waals surface area contributed by atoms with Crippen LogP contribution in [-0.4, -0.2) is 22.4 Å². The Morgan fingerprint density at radius 2 is 2.00 bits per heavy atom. The van der Waals surface area contributed by atoms with Gasteiger partial charge in [-0.3, -0.25) is 0 Å². The number of allylic oxidation sites excluding steroid dienone is 3. The third-order valence-corrected chi connectivity index (χ3v) is 1.88. The predicted octanol–water partition coefficient (Wildman–Crippen LogP) is 2.03. The van der Waals surface area contributed by atoms with E-state index in [1.165, 1.54) is 5.57 Å². The monoisotopic (exact) mass is 184 g/mol. The van der Waals surface area contributed by atoms with E-state index in [0.717, 1.165) is 6.42 Å². The van der Waals surface area contributed by atoms with Gasteiger partial charge in [-0.1, -0.05) is 23.8 Å². The summed E-state index contributed by atoms with van der Waals surface area (Å²) in [5.41, 5.74) is 0.196. The molecule has 2 N–H and O–H groups in total. The highest BCUT2D eigenvalue weighted by molar-refractivity contribution is 5.02. The molecule has 0 aliphatic rings. The molecule has 2 nitrogen and oxygen atoms in total. The third kappa shape index (κ3) is 5.61. The van der Waals surface area contributed by atoms with Crippen LogP contribution in [0.2, 0.25) is 0 Å². The van der Waals surface area contributed by atoms with Crippen molar-refractivity contribution in [3.8, 4) is 0 Å². The second kappa shape index (κ2) is 5.95. The number of rotatable bonds is 5. The van der Waals surface area contributed by atoms with Crippen LogP contribution in [0, 0.1) is 0 Å². The molecule has 0 aromatic carbocycles. The van der Waals surface area contributed by atoms with E-state index in [1.54, 1.807) is 12.2 Å². The molecule has 0 aliphatic carbocycles. The summed E-state index contributed by atoms with van der Waals surface area (Å²) in [5.74, 6) is 0. The Morgan fingerprint density at radius 3 is 2.38 bits per heavy atom. The molecule has 0 bridgehead atoms. The Bertz CT molecular complexity index is 190. The number of hydrogen-bond donors (Lipinski definition) is 2. The number of hydrogen-bond acceptors (Lipinski definition) is 2. The molecule has 76 valence electrons. The van der Waals surface area contributed by atoms with Crippen molar-refractivity contribution in [1.82, 2.24) is 0 Å². The van der Waals surface area contributed by atoms with Crippen LogP contribution in [0.25, 0.3) is 0 Å². The van der Waals surface area contributed by atoms with Crippen molar-refractivity contribution in [3.05, 3.63) is 23.8 Å². The molecule has 0 amide bonds. The lowest BCUT2D eigenvalue weighted by Gasteiger charge is -2.20. The third-order valence-electron chi connectivity index (χ3n) is 1.88. The van der Waals surface area contributed by atoms with Gasteiger partial charge in [0.25, 0.3) is 0 Å². The van der Waals surface area contributed by atoms with E-state index in [9.17, 15) is 5.11 Å². The van der Waals surface area contributed by atoms with Gasteiger partial charge in [0.05, 0.1) is 6.61 Å². The van der Waals surface area contributed by atoms with Gasteiger partial charge in [0.15, 0.2) is 0 Å². The highest BCUT2D eigenvalue weighted by Gasteiger charge is 2.20. The van der Waals surface area contributed by atoms with Crippen molar-refractivity contribution >= 4 is 0 Å². The topological polar surface area (TPSA) is 40.5 Å². The first-order valence-corrected chi connectivity index (χ1v) is 4.64. The molecule has 1 unspecified atom stereocenters. The van der Waals surface area contributed by atoms with Crippen LogP contribution in [0.5, 0.6) is 0 Å². The molecule has 0 aromatic rings. The van der Waals surface area contributed by atoms with Crippen molar-refractivity contribution in [2.45, 2.75) is 39.2 Å².